The minimum Gasteiger partial charge on any atom is -0.489 e. The number of benzene rings is 1. The maximum Gasteiger partial charge on any atom is 0.119 e. The van der Waals surface area contributed by atoms with E-state index >= 15 is 0 Å². The zero-order valence-electron chi connectivity index (χ0n) is 15.2. The summed E-state index contributed by atoms with van der Waals surface area (Å²) in [6.07, 6.45) is 7.59. The van der Waals surface area contributed by atoms with Crippen LogP contribution in [0.15, 0.2) is 48.8 Å². The number of piperidine rings is 1. The third-order valence-corrected chi connectivity index (χ3v) is 4.97. The first-order valence-corrected chi connectivity index (χ1v) is 9.31. The molecule has 0 bridgehead atoms. The molecular formula is C21H29N3O. The molecule has 1 fully saturated rings. The van der Waals surface area contributed by atoms with E-state index in [0.29, 0.717) is 6.61 Å². The molecule has 2 heterocycles. The lowest BCUT2D eigenvalue weighted by atomic mass is 9.93. The Bertz CT molecular complexity index is 607. The van der Waals surface area contributed by atoms with Gasteiger partial charge in [0, 0.05) is 24.5 Å². The predicted octanol–water partition coefficient (Wildman–Crippen LogP) is 3.48. The minimum absolute atomic E-state index is 0.563. The van der Waals surface area contributed by atoms with Gasteiger partial charge in [-0.1, -0.05) is 18.2 Å². The average Bonchev–Trinajstić information content (AvgIpc) is 2.68. The zero-order valence-corrected chi connectivity index (χ0v) is 15.2. The summed E-state index contributed by atoms with van der Waals surface area (Å²) in [4.78, 5) is 6.68. The molecule has 0 saturated carbocycles. The first-order chi connectivity index (χ1) is 12.3. The van der Waals surface area contributed by atoms with Gasteiger partial charge in [-0.3, -0.25) is 9.88 Å². The number of likely N-dealkylation sites (tertiary alicyclic amines) is 1. The van der Waals surface area contributed by atoms with E-state index in [2.05, 4.69) is 39.5 Å². The molecule has 0 spiro atoms. The molecule has 1 aromatic carbocycles. The maximum atomic E-state index is 5.83. The molecule has 2 aromatic rings. The molecule has 1 saturated heterocycles. The Hall–Kier alpha value is -1.91. The second-order valence-corrected chi connectivity index (χ2v) is 6.91. The van der Waals surface area contributed by atoms with Crippen molar-refractivity contribution in [2.75, 3.05) is 26.7 Å². The molecule has 0 radical (unpaired) electrons. The standard InChI is InChI=1S/C21H29N3O/c1-22-12-8-18-9-13-24(14-10-18)16-19-4-6-21(7-5-19)25-17-20-3-2-11-23-15-20/h2-7,11,15,18,22H,8-10,12-14,16-17H2,1H3. The number of hydrogen-bond donors (Lipinski definition) is 1. The van der Waals surface area contributed by atoms with E-state index < -0.39 is 0 Å². The summed E-state index contributed by atoms with van der Waals surface area (Å²) >= 11 is 0. The summed E-state index contributed by atoms with van der Waals surface area (Å²) in [6.45, 7) is 5.18. The van der Waals surface area contributed by atoms with Crippen molar-refractivity contribution in [1.29, 1.82) is 0 Å². The van der Waals surface area contributed by atoms with Gasteiger partial charge in [0.05, 0.1) is 0 Å². The topological polar surface area (TPSA) is 37.4 Å². The molecule has 134 valence electrons. The third kappa shape index (κ3) is 5.83. The maximum absolute atomic E-state index is 5.83. The van der Waals surface area contributed by atoms with Crippen molar-refractivity contribution in [2.45, 2.75) is 32.4 Å². The lowest BCUT2D eigenvalue weighted by Gasteiger charge is -2.32. The summed E-state index contributed by atoms with van der Waals surface area (Å²) in [6, 6.07) is 12.5. The highest BCUT2D eigenvalue weighted by Gasteiger charge is 2.18. The van der Waals surface area contributed by atoms with Gasteiger partial charge in [-0.05, 0) is 75.6 Å². The van der Waals surface area contributed by atoms with Crippen LogP contribution in [0.4, 0.5) is 0 Å². The van der Waals surface area contributed by atoms with Crippen LogP contribution in [0.25, 0.3) is 0 Å². The molecule has 1 aliphatic heterocycles. The minimum atomic E-state index is 0.563. The largest absolute Gasteiger partial charge is 0.489 e. The summed E-state index contributed by atoms with van der Waals surface area (Å²) in [5.74, 6) is 1.81. The average molecular weight is 339 g/mol. The number of nitrogens with one attached hydrogen (secondary N) is 1. The molecule has 1 aromatic heterocycles. The second-order valence-electron chi connectivity index (χ2n) is 6.91. The Balaban J connectivity index is 1.42. The van der Waals surface area contributed by atoms with Crippen molar-refractivity contribution in [1.82, 2.24) is 15.2 Å². The molecular weight excluding hydrogens is 310 g/mol. The van der Waals surface area contributed by atoms with Crippen molar-refractivity contribution in [2.24, 2.45) is 5.92 Å². The molecule has 1 aliphatic rings. The first-order valence-electron chi connectivity index (χ1n) is 9.31. The Kier molecular flexibility index (Phi) is 6.83. The Morgan fingerprint density at radius 2 is 1.92 bits per heavy atom. The highest BCUT2D eigenvalue weighted by molar-refractivity contribution is 5.27. The zero-order chi connectivity index (χ0) is 17.3. The predicted molar refractivity (Wildman–Crippen MR) is 102 cm³/mol. The fourth-order valence-corrected chi connectivity index (χ4v) is 3.38. The quantitative estimate of drug-likeness (QED) is 0.799. The van der Waals surface area contributed by atoms with Crippen molar-refractivity contribution < 1.29 is 4.74 Å². The first kappa shape index (κ1) is 17.9. The van der Waals surface area contributed by atoms with Crippen LogP contribution >= 0.6 is 0 Å². The second kappa shape index (κ2) is 9.54. The van der Waals surface area contributed by atoms with E-state index in [1.165, 1.54) is 37.9 Å². The monoisotopic (exact) mass is 339 g/mol. The van der Waals surface area contributed by atoms with Crippen LogP contribution in [0.2, 0.25) is 0 Å². The van der Waals surface area contributed by atoms with Gasteiger partial charge >= 0.3 is 0 Å². The molecule has 1 N–H and O–H groups in total. The summed E-state index contributed by atoms with van der Waals surface area (Å²) in [7, 11) is 2.04. The van der Waals surface area contributed by atoms with Crippen molar-refractivity contribution in [3.8, 4) is 5.75 Å². The molecule has 25 heavy (non-hydrogen) atoms. The third-order valence-electron chi connectivity index (χ3n) is 4.97. The number of pyridine rings is 1. The highest BCUT2D eigenvalue weighted by Crippen LogP contribution is 2.22. The summed E-state index contributed by atoms with van der Waals surface area (Å²) in [5, 5.41) is 3.26. The number of ether oxygens (including phenoxy) is 1. The molecule has 0 aliphatic carbocycles. The van der Waals surface area contributed by atoms with Crippen LogP contribution < -0.4 is 10.1 Å². The lowest BCUT2D eigenvalue weighted by Crippen LogP contribution is -2.34. The normalized spacial score (nSPS) is 16.0. The fourth-order valence-electron chi connectivity index (χ4n) is 3.38. The number of hydrogen-bond acceptors (Lipinski definition) is 4. The molecule has 4 nitrogen and oxygen atoms in total. The summed E-state index contributed by atoms with van der Waals surface area (Å²) in [5.41, 5.74) is 2.45. The van der Waals surface area contributed by atoms with Gasteiger partial charge in [-0.2, -0.15) is 0 Å². The molecule has 0 unspecified atom stereocenters. The number of aromatic nitrogens is 1. The van der Waals surface area contributed by atoms with Gasteiger partial charge < -0.3 is 10.1 Å². The van der Waals surface area contributed by atoms with Gasteiger partial charge in [0.2, 0.25) is 0 Å². The van der Waals surface area contributed by atoms with E-state index in [1.807, 2.05) is 25.4 Å². The Morgan fingerprint density at radius 3 is 2.60 bits per heavy atom. The van der Waals surface area contributed by atoms with Crippen LogP contribution in [-0.2, 0) is 13.2 Å². The van der Waals surface area contributed by atoms with Gasteiger partial charge in [0.15, 0.2) is 0 Å². The number of rotatable bonds is 8. The smallest absolute Gasteiger partial charge is 0.119 e. The molecule has 3 rings (SSSR count). The van der Waals surface area contributed by atoms with Crippen LogP contribution in [0.1, 0.15) is 30.4 Å². The molecule has 0 atom stereocenters. The van der Waals surface area contributed by atoms with E-state index in [0.717, 1.165) is 30.3 Å². The van der Waals surface area contributed by atoms with Crippen molar-refractivity contribution in [3.63, 3.8) is 0 Å². The Labute approximate surface area is 151 Å². The van der Waals surface area contributed by atoms with Gasteiger partial charge in [0.25, 0.3) is 0 Å². The van der Waals surface area contributed by atoms with Gasteiger partial charge in [0.1, 0.15) is 12.4 Å². The van der Waals surface area contributed by atoms with Crippen molar-refractivity contribution in [3.05, 3.63) is 59.9 Å². The van der Waals surface area contributed by atoms with Gasteiger partial charge in [-0.25, -0.2) is 0 Å². The molecule has 0 amide bonds. The van der Waals surface area contributed by atoms with E-state index in [9.17, 15) is 0 Å². The Morgan fingerprint density at radius 1 is 1.12 bits per heavy atom. The number of nitrogens with zero attached hydrogens (tertiary/aromatic N) is 2. The van der Waals surface area contributed by atoms with Crippen molar-refractivity contribution >= 4 is 0 Å². The van der Waals surface area contributed by atoms with Gasteiger partial charge in [-0.15, -0.1) is 0 Å². The highest BCUT2D eigenvalue weighted by atomic mass is 16.5. The van der Waals surface area contributed by atoms with E-state index in [1.54, 1.807) is 6.20 Å². The van der Waals surface area contributed by atoms with Crippen LogP contribution in [0, 0.1) is 5.92 Å². The SMILES string of the molecule is CNCCC1CCN(Cc2ccc(OCc3cccnc3)cc2)CC1. The summed E-state index contributed by atoms with van der Waals surface area (Å²) < 4.78 is 5.83. The van der Waals surface area contributed by atoms with Crippen LogP contribution in [0.5, 0.6) is 5.75 Å². The van der Waals surface area contributed by atoms with E-state index in [4.69, 9.17) is 4.74 Å². The van der Waals surface area contributed by atoms with E-state index in [-0.39, 0.29) is 0 Å². The lowest BCUT2D eigenvalue weighted by molar-refractivity contribution is 0.172. The van der Waals surface area contributed by atoms with Crippen LogP contribution in [-0.4, -0.2) is 36.6 Å². The van der Waals surface area contributed by atoms with Crippen LogP contribution in [0.3, 0.4) is 0 Å². The molecule has 4 heteroatoms. The fraction of sp³-hybridized carbons (Fsp3) is 0.476.